The molecular weight excluding hydrogens is 402 g/mol. The lowest BCUT2D eigenvalue weighted by Crippen LogP contribution is -2.59. The Hall–Kier alpha value is -2.59. The number of rotatable bonds is 2. The Morgan fingerprint density at radius 3 is 2.75 bits per heavy atom. The summed E-state index contributed by atoms with van der Waals surface area (Å²) in [5.74, 6) is -2.15. The number of hydrogen-bond acceptors (Lipinski definition) is 6. The Morgan fingerprint density at radius 2 is 2.04 bits per heavy atom. The first-order valence-corrected chi connectivity index (χ1v) is 7.76. The highest BCUT2D eigenvalue weighted by molar-refractivity contribution is 9.10. The van der Waals surface area contributed by atoms with Crippen LogP contribution in [0.5, 0.6) is 0 Å². The summed E-state index contributed by atoms with van der Waals surface area (Å²) >= 11 is 8.11. The molecule has 1 aromatic carbocycles. The maximum Gasteiger partial charge on any atom is 0.349 e. The minimum atomic E-state index is -0.877. The van der Waals surface area contributed by atoms with Crippen LogP contribution in [0.4, 0.5) is 0 Å². The molecule has 2 aromatic rings. The van der Waals surface area contributed by atoms with Crippen molar-refractivity contribution in [3.8, 4) is 0 Å². The van der Waals surface area contributed by atoms with Crippen LogP contribution in [0.3, 0.4) is 0 Å². The Morgan fingerprint density at radius 1 is 1.29 bits per heavy atom. The Labute approximate surface area is 147 Å². The fraction of sp³-hybridized carbons (Fsp3) is 0.0714. The molecule has 0 bridgehead atoms. The van der Waals surface area contributed by atoms with Gasteiger partial charge in [0.05, 0.1) is 0 Å². The summed E-state index contributed by atoms with van der Waals surface area (Å²) in [5.41, 5.74) is 1.35. The number of thiocarbonyl (C=S) groups is 1. The van der Waals surface area contributed by atoms with E-state index in [1.54, 1.807) is 18.2 Å². The summed E-state index contributed by atoms with van der Waals surface area (Å²) in [6, 6.07) is 6.29. The van der Waals surface area contributed by atoms with Crippen molar-refractivity contribution < 1.29 is 18.8 Å². The van der Waals surface area contributed by atoms with Gasteiger partial charge in [-0.1, -0.05) is 15.9 Å². The molecule has 0 saturated carbocycles. The zero-order valence-electron chi connectivity index (χ0n) is 11.8. The van der Waals surface area contributed by atoms with Crippen LogP contribution in [0.1, 0.15) is 16.8 Å². The van der Waals surface area contributed by atoms with E-state index in [9.17, 15) is 19.2 Å². The Balaban J connectivity index is 1.92. The molecule has 1 aromatic heterocycles. The zero-order chi connectivity index (χ0) is 17.4. The number of halogens is 1. The van der Waals surface area contributed by atoms with Crippen LogP contribution in [0.15, 0.2) is 37.9 Å². The van der Waals surface area contributed by atoms with Gasteiger partial charge in [0, 0.05) is 9.86 Å². The molecule has 8 nitrogen and oxygen atoms in total. The van der Waals surface area contributed by atoms with Gasteiger partial charge in [-0.3, -0.25) is 19.8 Å². The number of carbonyl (C=O) groups is 3. The van der Waals surface area contributed by atoms with E-state index >= 15 is 0 Å². The lowest BCUT2D eigenvalue weighted by molar-refractivity contribution is -0.136. The van der Waals surface area contributed by atoms with E-state index in [1.807, 2.05) is 0 Å². The van der Waals surface area contributed by atoms with Gasteiger partial charge in [-0.25, -0.2) is 4.79 Å². The standard InChI is InChI=1S/C14H8BrN3O5S/c15-7-1-2-9-6(3-7)4-8(13(22)23-9)12(21)17-18-11(20)5-10(19)16-14(18)24/h1-4H,5H2,(H,17,21)(H,16,19,24). The SMILES string of the molecule is O=C1CC(=O)N(NC(=O)c2cc3cc(Br)ccc3oc2=O)C(=S)N1. The van der Waals surface area contributed by atoms with E-state index < -0.39 is 29.8 Å². The molecule has 3 amide bonds. The monoisotopic (exact) mass is 409 g/mol. The summed E-state index contributed by atoms with van der Waals surface area (Å²) in [5, 5.41) is 3.21. The predicted molar refractivity (Wildman–Crippen MR) is 89.9 cm³/mol. The van der Waals surface area contributed by atoms with Gasteiger partial charge in [0.25, 0.3) is 11.8 Å². The van der Waals surface area contributed by atoms with Crippen molar-refractivity contribution in [3.05, 3.63) is 44.7 Å². The van der Waals surface area contributed by atoms with Crippen LogP contribution in [0.2, 0.25) is 0 Å². The molecule has 3 rings (SSSR count). The molecule has 24 heavy (non-hydrogen) atoms. The van der Waals surface area contributed by atoms with Crippen molar-refractivity contribution in [2.45, 2.75) is 6.42 Å². The summed E-state index contributed by atoms with van der Waals surface area (Å²) in [6.45, 7) is 0. The summed E-state index contributed by atoms with van der Waals surface area (Å²) < 4.78 is 5.83. The van der Waals surface area contributed by atoms with Gasteiger partial charge < -0.3 is 9.73 Å². The van der Waals surface area contributed by atoms with Crippen molar-refractivity contribution in [2.75, 3.05) is 0 Å². The van der Waals surface area contributed by atoms with Gasteiger partial charge >= 0.3 is 5.63 Å². The normalized spacial score (nSPS) is 14.7. The van der Waals surface area contributed by atoms with Crippen molar-refractivity contribution in [1.29, 1.82) is 0 Å². The summed E-state index contributed by atoms with van der Waals surface area (Å²) in [6.07, 6.45) is -0.459. The molecule has 1 aliphatic heterocycles. The number of nitrogens with one attached hydrogen (secondary N) is 2. The second kappa shape index (κ2) is 6.13. The van der Waals surface area contributed by atoms with Crippen LogP contribution >= 0.6 is 28.1 Å². The number of hydrogen-bond donors (Lipinski definition) is 2. The number of hydrazine groups is 1. The first kappa shape index (κ1) is 16.3. The van der Waals surface area contributed by atoms with Gasteiger partial charge in [-0.15, -0.1) is 0 Å². The van der Waals surface area contributed by atoms with Gasteiger partial charge in [-0.05, 0) is 36.5 Å². The molecule has 1 fully saturated rings. The molecule has 0 unspecified atom stereocenters. The molecule has 2 heterocycles. The number of amides is 3. The van der Waals surface area contributed by atoms with Crippen LogP contribution in [0, 0.1) is 0 Å². The fourth-order valence-electron chi connectivity index (χ4n) is 2.08. The number of carbonyl (C=O) groups excluding carboxylic acids is 3. The average Bonchev–Trinajstić information content (AvgIpc) is 2.50. The van der Waals surface area contributed by atoms with Crippen molar-refractivity contribution in [1.82, 2.24) is 15.8 Å². The van der Waals surface area contributed by atoms with Gasteiger partial charge in [0.2, 0.25) is 11.0 Å². The van der Waals surface area contributed by atoms with Crippen LogP contribution in [-0.2, 0) is 9.59 Å². The number of benzene rings is 1. The quantitative estimate of drug-likeness (QED) is 0.432. The highest BCUT2D eigenvalue weighted by Gasteiger charge is 2.30. The topological polar surface area (TPSA) is 109 Å². The van der Waals surface area contributed by atoms with E-state index in [4.69, 9.17) is 16.6 Å². The second-order valence-electron chi connectivity index (χ2n) is 4.83. The highest BCUT2D eigenvalue weighted by atomic mass is 79.9. The summed E-state index contributed by atoms with van der Waals surface area (Å²) in [7, 11) is 0. The van der Waals surface area contributed by atoms with E-state index in [0.717, 1.165) is 4.47 Å². The van der Waals surface area contributed by atoms with E-state index in [-0.39, 0.29) is 10.7 Å². The van der Waals surface area contributed by atoms with E-state index in [0.29, 0.717) is 16.0 Å². The Bertz CT molecular complexity index is 951. The van der Waals surface area contributed by atoms with Crippen molar-refractivity contribution in [2.24, 2.45) is 0 Å². The van der Waals surface area contributed by atoms with Crippen LogP contribution < -0.4 is 16.4 Å². The van der Waals surface area contributed by atoms with Gasteiger partial charge in [-0.2, -0.15) is 5.01 Å². The lowest BCUT2D eigenvalue weighted by Gasteiger charge is -2.27. The molecule has 2 N–H and O–H groups in total. The van der Waals surface area contributed by atoms with Crippen LogP contribution in [0.25, 0.3) is 11.0 Å². The van der Waals surface area contributed by atoms with Gasteiger partial charge in [0.1, 0.15) is 17.6 Å². The molecule has 122 valence electrons. The van der Waals surface area contributed by atoms with Crippen molar-refractivity contribution in [3.63, 3.8) is 0 Å². The van der Waals surface area contributed by atoms with Crippen molar-refractivity contribution >= 4 is 62.0 Å². The average molecular weight is 410 g/mol. The van der Waals surface area contributed by atoms with Crippen LogP contribution in [-0.4, -0.2) is 27.8 Å². The Kier molecular flexibility index (Phi) is 4.16. The molecule has 1 aliphatic rings. The predicted octanol–water partition coefficient (Wildman–Crippen LogP) is 0.834. The highest BCUT2D eigenvalue weighted by Crippen LogP contribution is 2.19. The summed E-state index contributed by atoms with van der Waals surface area (Å²) in [4.78, 5) is 47.2. The molecule has 0 radical (unpaired) electrons. The number of nitrogens with zero attached hydrogens (tertiary/aromatic N) is 1. The smallest absolute Gasteiger partial charge is 0.349 e. The fourth-order valence-corrected chi connectivity index (χ4v) is 2.72. The van der Waals surface area contributed by atoms with E-state index in [2.05, 4.69) is 26.7 Å². The molecule has 0 aliphatic carbocycles. The largest absolute Gasteiger partial charge is 0.422 e. The minimum Gasteiger partial charge on any atom is -0.422 e. The molecular formula is C14H8BrN3O5S. The van der Waals surface area contributed by atoms with E-state index in [1.165, 1.54) is 6.07 Å². The third-order valence-electron chi connectivity index (χ3n) is 3.16. The maximum atomic E-state index is 12.3. The molecule has 10 heteroatoms. The lowest BCUT2D eigenvalue weighted by atomic mass is 10.2. The van der Waals surface area contributed by atoms with Gasteiger partial charge in [0.15, 0.2) is 0 Å². The third-order valence-corrected chi connectivity index (χ3v) is 3.94. The first-order valence-electron chi connectivity index (χ1n) is 6.56. The minimum absolute atomic E-state index is 0.266. The first-order chi connectivity index (χ1) is 11.3. The molecule has 0 atom stereocenters. The third kappa shape index (κ3) is 3.05. The zero-order valence-corrected chi connectivity index (χ0v) is 14.2. The molecule has 0 spiro atoms. The number of fused-ring (bicyclic) bond motifs is 1. The molecule has 1 saturated heterocycles. The second-order valence-corrected chi connectivity index (χ2v) is 6.13. The maximum absolute atomic E-state index is 12.3.